The van der Waals surface area contributed by atoms with Gasteiger partial charge in [-0.15, -0.1) is 0 Å². The smallest absolute Gasteiger partial charge is 0.251 e. The third kappa shape index (κ3) is 5.70. The van der Waals surface area contributed by atoms with Crippen LogP contribution in [-0.2, 0) is 24.2 Å². The van der Waals surface area contributed by atoms with Crippen LogP contribution < -0.4 is 20.7 Å². The highest BCUT2D eigenvalue weighted by molar-refractivity contribution is 5.94. The van der Waals surface area contributed by atoms with Crippen molar-refractivity contribution in [3.63, 3.8) is 0 Å². The summed E-state index contributed by atoms with van der Waals surface area (Å²) in [4.78, 5) is 16.0. The monoisotopic (exact) mass is 414 g/mol. The summed E-state index contributed by atoms with van der Waals surface area (Å²) >= 11 is 0. The van der Waals surface area contributed by atoms with Crippen molar-refractivity contribution >= 4 is 11.9 Å². The molecule has 0 spiro atoms. The van der Waals surface area contributed by atoms with Gasteiger partial charge < -0.3 is 25.4 Å². The van der Waals surface area contributed by atoms with Crippen LogP contribution in [0.5, 0.6) is 5.75 Å². The Morgan fingerprint density at radius 3 is 2.73 bits per heavy atom. The van der Waals surface area contributed by atoms with E-state index in [1.165, 1.54) is 12.1 Å². The highest BCUT2D eigenvalue weighted by Crippen LogP contribution is 2.29. The molecule has 8 heteroatoms. The van der Waals surface area contributed by atoms with Crippen molar-refractivity contribution < 1.29 is 18.7 Å². The van der Waals surface area contributed by atoms with Gasteiger partial charge in [-0.3, -0.25) is 9.79 Å². The molecule has 30 heavy (non-hydrogen) atoms. The van der Waals surface area contributed by atoms with Crippen LogP contribution in [-0.4, -0.2) is 45.8 Å². The van der Waals surface area contributed by atoms with Crippen LogP contribution in [0.4, 0.5) is 4.39 Å². The van der Waals surface area contributed by atoms with E-state index < -0.39 is 0 Å². The van der Waals surface area contributed by atoms with E-state index in [9.17, 15) is 9.18 Å². The molecule has 1 heterocycles. The predicted molar refractivity (Wildman–Crippen MR) is 113 cm³/mol. The molecular weight excluding hydrogens is 387 g/mol. The Morgan fingerprint density at radius 2 is 1.97 bits per heavy atom. The van der Waals surface area contributed by atoms with Crippen molar-refractivity contribution in [1.29, 1.82) is 0 Å². The minimum absolute atomic E-state index is 0.0997. The van der Waals surface area contributed by atoms with E-state index >= 15 is 0 Å². The second-order valence-electron chi connectivity index (χ2n) is 6.87. The first kappa shape index (κ1) is 21.6. The summed E-state index contributed by atoms with van der Waals surface area (Å²) in [6.45, 7) is 1.78. The molecule has 0 unspecified atom stereocenters. The number of nitrogens with one attached hydrogen (secondary N) is 3. The lowest BCUT2D eigenvalue weighted by Gasteiger charge is -2.21. The number of nitrogens with zero attached hydrogens (tertiary/aromatic N) is 1. The Morgan fingerprint density at radius 1 is 1.17 bits per heavy atom. The molecule has 0 atom stereocenters. The van der Waals surface area contributed by atoms with Crippen LogP contribution in [0.3, 0.4) is 0 Å². The first-order valence-electron chi connectivity index (χ1n) is 9.88. The Labute approximate surface area is 175 Å². The number of hydrogen-bond acceptors (Lipinski definition) is 4. The molecule has 0 bridgehead atoms. The van der Waals surface area contributed by atoms with E-state index in [1.807, 2.05) is 18.2 Å². The lowest BCUT2D eigenvalue weighted by atomic mass is 10.1. The summed E-state index contributed by atoms with van der Waals surface area (Å²) in [6.07, 6.45) is 1.34. The maximum Gasteiger partial charge on any atom is 0.251 e. The van der Waals surface area contributed by atoms with Gasteiger partial charge in [0.2, 0.25) is 0 Å². The van der Waals surface area contributed by atoms with Crippen LogP contribution in [0, 0.1) is 5.82 Å². The maximum atomic E-state index is 13.8. The van der Waals surface area contributed by atoms with Crippen LogP contribution in [0.1, 0.15) is 27.0 Å². The molecule has 1 amide bonds. The number of amides is 1. The van der Waals surface area contributed by atoms with Gasteiger partial charge in [0.1, 0.15) is 11.6 Å². The molecule has 2 aromatic rings. The highest BCUT2D eigenvalue weighted by Gasteiger charge is 2.16. The zero-order valence-corrected chi connectivity index (χ0v) is 17.3. The molecule has 0 saturated carbocycles. The number of hydrogen-bond donors (Lipinski definition) is 3. The largest absolute Gasteiger partial charge is 0.467 e. The van der Waals surface area contributed by atoms with E-state index in [4.69, 9.17) is 9.47 Å². The molecule has 1 aliphatic rings. The number of carbonyl (C=O) groups is 1. The van der Waals surface area contributed by atoms with Gasteiger partial charge in [0.25, 0.3) is 5.91 Å². The molecule has 2 aromatic carbocycles. The van der Waals surface area contributed by atoms with E-state index in [2.05, 4.69) is 20.9 Å². The third-order valence-electron chi connectivity index (χ3n) is 4.78. The molecule has 0 saturated heterocycles. The summed E-state index contributed by atoms with van der Waals surface area (Å²) in [7, 11) is 3.32. The van der Waals surface area contributed by atoms with Gasteiger partial charge in [-0.2, -0.15) is 0 Å². The minimum atomic E-state index is -0.292. The quantitative estimate of drug-likeness (QED) is 0.477. The van der Waals surface area contributed by atoms with E-state index in [-0.39, 0.29) is 18.5 Å². The Hall–Kier alpha value is -3.13. The number of fused-ring (bicyclic) bond motifs is 1. The molecule has 0 radical (unpaired) electrons. The van der Waals surface area contributed by atoms with Gasteiger partial charge in [0, 0.05) is 38.3 Å². The SMILES string of the molecule is CN=C(NCCc1cccc(C(=O)NC)c1)NCCc1cc(F)cc2c1OCOC2. The first-order valence-corrected chi connectivity index (χ1v) is 9.88. The lowest BCUT2D eigenvalue weighted by molar-refractivity contribution is -0.0172. The maximum absolute atomic E-state index is 13.8. The number of halogens is 1. The molecule has 0 fully saturated rings. The number of carbonyl (C=O) groups excluding carboxylic acids is 1. The van der Waals surface area contributed by atoms with Gasteiger partial charge in [-0.1, -0.05) is 12.1 Å². The summed E-state index contributed by atoms with van der Waals surface area (Å²) in [6, 6.07) is 10.5. The molecular formula is C22H27FN4O3. The molecule has 7 nitrogen and oxygen atoms in total. The van der Waals surface area contributed by atoms with E-state index in [1.54, 1.807) is 20.2 Å². The summed E-state index contributed by atoms with van der Waals surface area (Å²) in [5, 5.41) is 9.12. The minimum Gasteiger partial charge on any atom is -0.467 e. The number of guanidine groups is 1. The Kier molecular flexibility index (Phi) is 7.62. The normalized spacial score (nSPS) is 13.2. The molecule has 0 aromatic heterocycles. The van der Waals surface area contributed by atoms with Gasteiger partial charge in [-0.05, 0) is 48.2 Å². The second kappa shape index (κ2) is 10.6. The summed E-state index contributed by atoms with van der Waals surface area (Å²) in [5.41, 5.74) is 3.24. The van der Waals surface area contributed by atoms with E-state index in [0.717, 1.165) is 23.1 Å². The Balaban J connectivity index is 1.48. The van der Waals surface area contributed by atoms with Gasteiger partial charge in [-0.25, -0.2) is 4.39 Å². The fourth-order valence-electron chi connectivity index (χ4n) is 3.32. The number of ether oxygens (including phenoxy) is 2. The topological polar surface area (TPSA) is 84.0 Å². The van der Waals surface area contributed by atoms with Crippen LogP contribution in [0.2, 0.25) is 0 Å². The van der Waals surface area contributed by atoms with Crippen molar-refractivity contribution in [2.24, 2.45) is 4.99 Å². The van der Waals surface area contributed by atoms with Crippen LogP contribution in [0.15, 0.2) is 41.4 Å². The number of aliphatic imine (C=N–C) groups is 1. The molecule has 3 N–H and O–H groups in total. The molecule has 0 aliphatic carbocycles. The second-order valence-corrected chi connectivity index (χ2v) is 6.87. The fraction of sp³-hybridized carbons (Fsp3) is 0.364. The average Bonchev–Trinajstić information content (AvgIpc) is 2.77. The highest BCUT2D eigenvalue weighted by atomic mass is 19.1. The average molecular weight is 414 g/mol. The van der Waals surface area contributed by atoms with Crippen molar-refractivity contribution in [2.75, 3.05) is 34.0 Å². The molecule has 1 aliphatic heterocycles. The third-order valence-corrected chi connectivity index (χ3v) is 4.78. The van der Waals surface area contributed by atoms with Crippen LogP contribution >= 0.6 is 0 Å². The predicted octanol–water partition coefficient (Wildman–Crippen LogP) is 2.00. The van der Waals surface area contributed by atoms with Crippen molar-refractivity contribution in [3.05, 3.63) is 64.5 Å². The molecule has 3 rings (SSSR count). The van der Waals surface area contributed by atoms with E-state index in [0.29, 0.717) is 43.4 Å². The number of benzene rings is 2. The van der Waals surface area contributed by atoms with Gasteiger partial charge >= 0.3 is 0 Å². The first-order chi connectivity index (χ1) is 14.6. The van der Waals surface area contributed by atoms with Gasteiger partial charge in [0.15, 0.2) is 12.8 Å². The Bertz CT molecular complexity index is 917. The molecule has 160 valence electrons. The van der Waals surface area contributed by atoms with Crippen molar-refractivity contribution in [2.45, 2.75) is 19.4 Å². The lowest BCUT2D eigenvalue weighted by Crippen LogP contribution is -2.39. The van der Waals surface area contributed by atoms with Crippen LogP contribution in [0.25, 0.3) is 0 Å². The fourth-order valence-corrected chi connectivity index (χ4v) is 3.32. The zero-order valence-electron chi connectivity index (χ0n) is 17.3. The zero-order chi connectivity index (χ0) is 21.3. The summed E-state index contributed by atoms with van der Waals surface area (Å²) in [5.74, 6) is 0.979. The standard InChI is InChI=1S/C22H27FN4O3/c1-24-21(28)17-5-3-4-15(10-17)6-8-26-22(25-2)27-9-7-16-11-19(23)12-18-13-29-14-30-20(16)18/h3-5,10-12H,6-9,13-14H2,1-2H3,(H,24,28)(H2,25,26,27). The van der Waals surface area contributed by atoms with Gasteiger partial charge in [0.05, 0.1) is 6.61 Å². The number of rotatable bonds is 7. The summed E-state index contributed by atoms with van der Waals surface area (Å²) < 4.78 is 24.6. The van der Waals surface area contributed by atoms with Crippen molar-refractivity contribution in [3.8, 4) is 5.75 Å². The van der Waals surface area contributed by atoms with Crippen molar-refractivity contribution in [1.82, 2.24) is 16.0 Å².